The lowest BCUT2D eigenvalue weighted by molar-refractivity contribution is -0.151. The summed E-state index contributed by atoms with van der Waals surface area (Å²) >= 11 is 0. The van der Waals surface area contributed by atoms with E-state index in [0.29, 0.717) is 19.4 Å². The number of esters is 1. The topological polar surface area (TPSA) is 29.5 Å². The molecule has 1 aliphatic carbocycles. The minimum Gasteiger partial charge on any atom is -0.464 e. The summed E-state index contributed by atoms with van der Waals surface area (Å²) in [5.41, 5.74) is 2.44. The Balaban J connectivity index is 1.52. The number of carbonyl (C=O) groups is 1. The first-order valence-electron chi connectivity index (χ1n) is 9.90. The maximum absolute atomic E-state index is 13.4. The van der Waals surface area contributed by atoms with Crippen molar-refractivity contribution < 1.29 is 13.9 Å². The second-order valence-corrected chi connectivity index (χ2v) is 7.75. The zero-order valence-corrected chi connectivity index (χ0v) is 15.6. The van der Waals surface area contributed by atoms with Crippen molar-refractivity contribution in [3.63, 3.8) is 0 Å². The van der Waals surface area contributed by atoms with Crippen LogP contribution in [0.3, 0.4) is 0 Å². The van der Waals surface area contributed by atoms with E-state index in [4.69, 9.17) is 4.74 Å². The van der Waals surface area contributed by atoms with Crippen molar-refractivity contribution in [1.29, 1.82) is 0 Å². The molecule has 0 atom stereocenters. The fourth-order valence-electron chi connectivity index (χ4n) is 4.44. The van der Waals surface area contributed by atoms with Crippen molar-refractivity contribution in [3.05, 3.63) is 71.0 Å². The third-order valence-electron chi connectivity index (χ3n) is 5.98. The molecule has 0 saturated carbocycles. The number of fused-ring (bicyclic) bond motifs is 1. The van der Waals surface area contributed by atoms with E-state index in [-0.39, 0.29) is 11.8 Å². The Hall–Kier alpha value is -2.20. The number of rotatable bonds is 5. The summed E-state index contributed by atoms with van der Waals surface area (Å²) in [6, 6.07) is 14.5. The number of nitrogens with zero attached hydrogens (tertiary/aromatic N) is 1. The number of carbonyl (C=O) groups excluding carboxylic acids is 1. The van der Waals surface area contributed by atoms with Gasteiger partial charge in [0.05, 0.1) is 0 Å². The van der Waals surface area contributed by atoms with Gasteiger partial charge in [-0.05, 0) is 67.6 Å². The van der Waals surface area contributed by atoms with Gasteiger partial charge in [0.25, 0.3) is 0 Å². The molecule has 1 aliphatic heterocycles. The minimum absolute atomic E-state index is 0.192. The standard InChI is InChI=1S/C23H26FNO2/c24-21-10-8-20(9-11-21)23(16-18-6-2-3-7-19(18)17-23)22(26)27-15-14-25-12-4-1-5-13-25/h2-3,6-11H,1,4-5,12-17H2. The molecular formula is C23H26FNO2. The van der Waals surface area contributed by atoms with Crippen LogP contribution < -0.4 is 0 Å². The Morgan fingerprint density at radius 1 is 0.963 bits per heavy atom. The van der Waals surface area contributed by atoms with Crippen molar-refractivity contribution in [2.75, 3.05) is 26.2 Å². The third kappa shape index (κ3) is 3.77. The Kier molecular flexibility index (Phi) is 5.26. The molecule has 1 fully saturated rings. The largest absolute Gasteiger partial charge is 0.464 e. The van der Waals surface area contributed by atoms with Crippen molar-refractivity contribution >= 4 is 5.97 Å². The van der Waals surface area contributed by atoms with Gasteiger partial charge in [0.2, 0.25) is 0 Å². The van der Waals surface area contributed by atoms with E-state index in [9.17, 15) is 9.18 Å². The number of hydrogen-bond acceptors (Lipinski definition) is 3. The van der Waals surface area contributed by atoms with Gasteiger partial charge in [-0.25, -0.2) is 4.39 Å². The lowest BCUT2D eigenvalue weighted by atomic mass is 9.77. The van der Waals surface area contributed by atoms with Crippen molar-refractivity contribution in [1.82, 2.24) is 4.90 Å². The first-order valence-corrected chi connectivity index (χ1v) is 9.90. The second kappa shape index (κ2) is 7.81. The van der Waals surface area contributed by atoms with Crippen LogP contribution in [0.25, 0.3) is 0 Å². The van der Waals surface area contributed by atoms with E-state index in [1.807, 2.05) is 12.1 Å². The second-order valence-electron chi connectivity index (χ2n) is 7.75. The highest BCUT2D eigenvalue weighted by atomic mass is 19.1. The molecule has 2 aliphatic rings. The van der Waals surface area contributed by atoms with Crippen molar-refractivity contribution in [2.24, 2.45) is 0 Å². The summed E-state index contributed by atoms with van der Waals surface area (Å²) in [5, 5.41) is 0. The van der Waals surface area contributed by atoms with Crippen LogP contribution in [0.15, 0.2) is 48.5 Å². The van der Waals surface area contributed by atoms with Crippen LogP contribution in [-0.2, 0) is 27.8 Å². The molecule has 1 heterocycles. The molecule has 142 valence electrons. The van der Waals surface area contributed by atoms with E-state index < -0.39 is 5.41 Å². The van der Waals surface area contributed by atoms with Crippen LogP contribution in [0.5, 0.6) is 0 Å². The zero-order chi connectivity index (χ0) is 18.7. The van der Waals surface area contributed by atoms with Gasteiger partial charge >= 0.3 is 5.97 Å². The highest BCUT2D eigenvalue weighted by molar-refractivity contribution is 5.85. The van der Waals surface area contributed by atoms with Crippen LogP contribution in [0, 0.1) is 5.82 Å². The molecule has 27 heavy (non-hydrogen) atoms. The van der Waals surface area contributed by atoms with Crippen LogP contribution in [0.2, 0.25) is 0 Å². The summed E-state index contributed by atoms with van der Waals surface area (Å²) in [5.74, 6) is -0.481. The molecule has 0 aromatic heterocycles. The quantitative estimate of drug-likeness (QED) is 0.751. The van der Waals surface area contributed by atoms with Gasteiger partial charge in [0.15, 0.2) is 0 Å². The average molecular weight is 367 g/mol. The molecule has 0 amide bonds. The van der Waals surface area contributed by atoms with E-state index in [0.717, 1.165) is 25.2 Å². The lowest BCUT2D eigenvalue weighted by Gasteiger charge is -2.29. The van der Waals surface area contributed by atoms with Gasteiger partial charge in [-0.15, -0.1) is 0 Å². The van der Waals surface area contributed by atoms with Gasteiger partial charge in [-0.2, -0.15) is 0 Å². The number of hydrogen-bond donors (Lipinski definition) is 0. The molecule has 1 saturated heterocycles. The van der Waals surface area contributed by atoms with Crippen molar-refractivity contribution in [3.8, 4) is 0 Å². The molecule has 0 unspecified atom stereocenters. The smallest absolute Gasteiger partial charge is 0.317 e. The fraction of sp³-hybridized carbons (Fsp3) is 0.435. The van der Waals surface area contributed by atoms with Crippen molar-refractivity contribution in [2.45, 2.75) is 37.5 Å². The summed E-state index contributed by atoms with van der Waals surface area (Å²) < 4.78 is 19.2. The van der Waals surface area contributed by atoms with E-state index in [2.05, 4.69) is 17.0 Å². The Morgan fingerprint density at radius 3 is 2.22 bits per heavy atom. The summed E-state index contributed by atoms with van der Waals surface area (Å²) in [7, 11) is 0. The number of ether oxygens (including phenoxy) is 1. The molecular weight excluding hydrogens is 341 g/mol. The van der Waals surface area contributed by atoms with Gasteiger partial charge in [-0.3, -0.25) is 9.69 Å². The lowest BCUT2D eigenvalue weighted by Crippen LogP contribution is -2.40. The van der Waals surface area contributed by atoms with Crippen LogP contribution in [-0.4, -0.2) is 37.1 Å². The summed E-state index contributed by atoms with van der Waals surface area (Å²) in [6.07, 6.45) is 4.96. The average Bonchev–Trinajstić information content (AvgIpc) is 3.10. The monoisotopic (exact) mass is 367 g/mol. The molecule has 2 aromatic rings. The molecule has 2 aromatic carbocycles. The zero-order valence-electron chi connectivity index (χ0n) is 15.6. The van der Waals surface area contributed by atoms with Gasteiger partial charge < -0.3 is 4.74 Å². The maximum Gasteiger partial charge on any atom is 0.317 e. The van der Waals surface area contributed by atoms with Gasteiger partial charge in [0.1, 0.15) is 17.8 Å². The fourth-order valence-corrected chi connectivity index (χ4v) is 4.44. The number of piperidine rings is 1. The Bertz CT molecular complexity index is 771. The summed E-state index contributed by atoms with van der Waals surface area (Å²) in [4.78, 5) is 15.6. The number of likely N-dealkylation sites (tertiary alicyclic amines) is 1. The van der Waals surface area contributed by atoms with Crippen LogP contribution in [0.4, 0.5) is 4.39 Å². The summed E-state index contributed by atoms with van der Waals surface area (Å²) in [6.45, 7) is 3.38. The van der Waals surface area contributed by atoms with Crippen LogP contribution >= 0.6 is 0 Å². The Labute approximate surface area is 160 Å². The Morgan fingerprint density at radius 2 is 1.59 bits per heavy atom. The highest BCUT2D eigenvalue weighted by Crippen LogP contribution is 2.41. The van der Waals surface area contributed by atoms with Gasteiger partial charge in [0, 0.05) is 6.54 Å². The molecule has 4 heteroatoms. The molecule has 0 bridgehead atoms. The first-order chi connectivity index (χ1) is 13.2. The number of benzene rings is 2. The normalized spacial score (nSPS) is 18.9. The molecule has 0 N–H and O–H groups in total. The van der Waals surface area contributed by atoms with E-state index in [1.165, 1.54) is 42.5 Å². The predicted octanol–water partition coefficient (Wildman–Crippen LogP) is 3.89. The number of halogens is 1. The van der Waals surface area contributed by atoms with E-state index in [1.54, 1.807) is 12.1 Å². The molecule has 0 radical (unpaired) electrons. The first kappa shape index (κ1) is 18.2. The van der Waals surface area contributed by atoms with Crippen LogP contribution in [0.1, 0.15) is 36.0 Å². The molecule has 3 nitrogen and oxygen atoms in total. The highest BCUT2D eigenvalue weighted by Gasteiger charge is 2.46. The molecule has 0 spiro atoms. The van der Waals surface area contributed by atoms with E-state index >= 15 is 0 Å². The molecule has 4 rings (SSSR count). The minimum atomic E-state index is -0.751. The third-order valence-corrected chi connectivity index (χ3v) is 5.98. The maximum atomic E-state index is 13.4. The van der Waals surface area contributed by atoms with Gasteiger partial charge in [-0.1, -0.05) is 42.8 Å². The predicted molar refractivity (Wildman–Crippen MR) is 103 cm³/mol. The SMILES string of the molecule is O=C(OCCN1CCCCC1)C1(c2ccc(F)cc2)Cc2ccccc2C1.